The molecule has 1 N–H and O–H groups in total. The number of rotatable bonds is 9. The van der Waals surface area contributed by atoms with Crippen molar-refractivity contribution in [1.82, 2.24) is 0 Å². The van der Waals surface area contributed by atoms with Gasteiger partial charge in [0.15, 0.2) is 5.78 Å². The molecule has 5 heteroatoms. The molecule has 0 aromatic rings. The highest BCUT2D eigenvalue weighted by Gasteiger charge is 2.61. The second kappa shape index (κ2) is 8.48. The van der Waals surface area contributed by atoms with Crippen molar-refractivity contribution in [3.63, 3.8) is 0 Å². The predicted octanol–water partition coefficient (Wildman–Crippen LogP) is 4.73. The second-order valence-electron chi connectivity index (χ2n) is 9.91. The molecule has 0 aromatic heterocycles. The highest BCUT2D eigenvalue weighted by atomic mass is 16.5. The third kappa shape index (κ3) is 4.73. The van der Waals surface area contributed by atoms with E-state index in [1.54, 1.807) is 6.08 Å². The number of unbranched alkanes of at least 4 members (excludes halogenated alkanes) is 1. The summed E-state index contributed by atoms with van der Waals surface area (Å²) in [5.74, 6) is -1.12. The van der Waals surface area contributed by atoms with E-state index in [1.807, 2.05) is 20.8 Å². The van der Waals surface area contributed by atoms with Crippen molar-refractivity contribution in [3.05, 3.63) is 12.7 Å². The number of hydrogen-bond donors (Lipinski definition) is 1. The quantitative estimate of drug-likeness (QED) is 0.349. The Morgan fingerprint density at radius 3 is 2.54 bits per heavy atom. The highest BCUT2D eigenvalue weighted by molar-refractivity contribution is 6.04. The van der Waals surface area contributed by atoms with E-state index >= 15 is 0 Å². The number of aliphatic carboxylic acids is 1. The number of allylic oxidation sites excluding steroid dienone is 1. The Morgan fingerprint density at radius 2 is 1.96 bits per heavy atom. The van der Waals surface area contributed by atoms with Crippen molar-refractivity contribution < 1.29 is 24.2 Å². The van der Waals surface area contributed by atoms with Crippen LogP contribution < -0.4 is 0 Å². The summed E-state index contributed by atoms with van der Waals surface area (Å²) < 4.78 is 6.29. The Morgan fingerprint density at radius 1 is 1.29 bits per heavy atom. The first-order valence-corrected chi connectivity index (χ1v) is 10.5. The topological polar surface area (TPSA) is 80.7 Å². The van der Waals surface area contributed by atoms with Crippen molar-refractivity contribution in [2.24, 2.45) is 16.7 Å². The molecule has 2 saturated carbocycles. The molecular formula is C23H36O5. The van der Waals surface area contributed by atoms with Crippen LogP contribution in [0.3, 0.4) is 0 Å². The van der Waals surface area contributed by atoms with Crippen molar-refractivity contribution >= 4 is 17.5 Å². The lowest BCUT2D eigenvalue weighted by molar-refractivity contribution is -0.171. The van der Waals surface area contributed by atoms with Crippen LogP contribution in [-0.2, 0) is 19.1 Å². The summed E-state index contributed by atoms with van der Waals surface area (Å²) in [6, 6.07) is 0. The molecule has 1 unspecified atom stereocenters. The second-order valence-corrected chi connectivity index (χ2v) is 9.91. The Kier molecular flexibility index (Phi) is 6.90. The number of ketones is 2. The number of Topliss-reactive ketones (excluding diaryl/α,β-unsaturated/α-hetero) is 2. The van der Waals surface area contributed by atoms with Gasteiger partial charge in [-0.25, -0.2) is 0 Å². The first kappa shape index (κ1) is 22.8. The maximum Gasteiger partial charge on any atom is 0.317 e. The van der Waals surface area contributed by atoms with Crippen molar-refractivity contribution in [3.8, 4) is 0 Å². The molecule has 0 spiro atoms. The summed E-state index contributed by atoms with van der Waals surface area (Å²) in [7, 11) is 0. The van der Waals surface area contributed by atoms with E-state index < -0.39 is 11.4 Å². The summed E-state index contributed by atoms with van der Waals surface area (Å²) in [4.78, 5) is 37.5. The molecule has 0 radical (unpaired) electrons. The van der Waals surface area contributed by atoms with Crippen molar-refractivity contribution in [2.45, 2.75) is 97.2 Å². The van der Waals surface area contributed by atoms with Gasteiger partial charge in [0.05, 0.1) is 11.7 Å². The fraction of sp³-hybridized carbons (Fsp3) is 0.783. The van der Waals surface area contributed by atoms with E-state index in [1.165, 1.54) is 0 Å². The molecule has 2 rings (SSSR count). The molecule has 0 heterocycles. The van der Waals surface area contributed by atoms with Gasteiger partial charge < -0.3 is 9.84 Å². The molecule has 0 amide bonds. The predicted molar refractivity (Wildman–Crippen MR) is 108 cm³/mol. The average molecular weight is 393 g/mol. The van der Waals surface area contributed by atoms with Crippen LogP contribution in [0.15, 0.2) is 12.7 Å². The molecule has 4 atom stereocenters. The van der Waals surface area contributed by atoms with Crippen LogP contribution in [0, 0.1) is 16.7 Å². The van der Waals surface area contributed by atoms with Gasteiger partial charge in [0.25, 0.3) is 0 Å². The van der Waals surface area contributed by atoms with E-state index in [-0.39, 0.29) is 60.3 Å². The van der Waals surface area contributed by atoms with Gasteiger partial charge in [0.2, 0.25) is 0 Å². The molecule has 0 aliphatic heterocycles. The van der Waals surface area contributed by atoms with Gasteiger partial charge in [-0.05, 0) is 70.6 Å². The minimum atomic E-state index is -1.47. The fourth-order valence-electron chi connectivity index (χ4n) is 5.11. The first-order valence-electron chi connectivity index (χ1n) is 10.5. The maximum atomic E-state index is 13.0. The van der Waals surface area contributed by atoms with Crippen LogP contribution in [0.25, 0.3) is 0 Å². The lowest BCUT2D eigenvalue weighted by Crippen LogP contribution is -2.53. The lowest BCUT2D eigenvalue weighted by atomic mass is 9.56. The van der Waals surface area contributed by atoms with E-state index in [0.717, 1.165) is 25.7 Å². The first-order chi connectivity index (χ1) is 12.9. The minimum absolute atomic E-state index is 0.0245. The van der Waals surface area contributed by atoms with Crippen LogP contribution in [0.1, 0.15) is 85.5 Å². The SMILES string of the molecule is C=CCCCC(=O)CCC1(C(=O)O)C[C@]2(C)[C@H](CC[C@H]2OC(C)(C)C)CC1=O. The van der Waals surface area contributed by atoms with Crippen molar-refractivity contribution in [1.29, 1.82) is 0 Å². The highest BCUT2D eigenvalue weighted by Crippen LogP contribution is 2.58. The molecule has 2 aliphatic carbocycles. The van der Waals surface area contributed by atoms with Gasteiger partial charge in [-0.15, -0.1) is 6.58 Å². The molecular weight excluding hydrogens is 356 g/mol. The molecule has 0 aromatic carbocycles. The van der Waals surface area contributed by atoms with Crippen LogP contribution >= 0.6 is 0 Å². The molecule has 158 valence electrons. The molecule has 5 nitrogen and oxygen atoms in total. The number of carboxylic acid groups (broad SMARTS) is 1. The van der Waals surface area contributed by atoms with E-state index in [2.05, 4.69) is 13.5 Å². The van der Waals surface area contributed by atoms with Gasteiger partial charge in [-0.2, -0.15) is 0 Å². The standard InChI is InChI=1S/C23H36O5/c1-6-7-8-9-17(24)12-13-23(20(26)27)15-22(5)16(14-18(23)25)10-11-19(22)28-21(2,3)4/h6,16,19H,1,7-15H2,2-5H3,(H,26,27)/t16-,19-,22-,23?/m1/s1. The number of ether oxygens (including phenoxy) is 1. The number of hydrogen-bond acceptors (Lipinski definition) is 4. The van der Waals surface area contributed by atoms with Gasteiger partial charge >= 0.3 is 5.97 Å². The van der Waals surface area contributed by atoms with Crippen molar-refractivity contribution in [2.75, 3.05) is 0 Å². The smallest absolute Gasteiger partial charge is 0.317 e. The third-order valence-corrected chi connectivity index (χ3v) is 6.69. The van der Waals surface area contributed by atoms with E-state index in [9.17, 15) is 19.5 Å². The Bertz CT molecular complexity index is 631. The Balaban J connectivity index is 2.19. The van der Waals surface area contributed by atoms with E-state index in [0.29, 0.717) is 6.42 Å². The van der Waals surface area contributed by atoms with Crippen LogP contribution in [0.4, 0.5) is 0 Å². The lowest BCUT2D eigenvalue weighted by Gasteiger charge is -2.48. The number of carboxylic acids is 1. The Hall–Kier alpha value is -1.49. The third-order valence-electron chi connectivity index (χ3n) is 6.69. The van der Waals surface area contributed by atoms with Crippen LogP contribution in [0.2, 0.25) is 0 Å². The zero-order valence-corrected chi connectivity index (χ0v) is 17.9. The van der Waals surface area contributed by atoms with Gasteiger partial charge in [-0.1, -0.05) is 13.0 Å². The summed E-state index contributed by atoms with van der Waals surface area (Å²) in [5, 5.41) is 10.1. The summed E-state index contributed by atoms with van der Waals surface area (Å²) >= 11 is 0. The largest absolute Gasteiger partial charge is 0.480 e. The molecule has 0 bridgehead atoms. The van der Waals surface area contributed by atoms with E-state index in [4.69, 9.17) is 4.74 Å². The molecule has 28 heavy (non-hydrogen) atoms. The Labute approximate surface area is 168 Å². The molecule has 2 aliphatic rings. The summed E-state index contributed by atoms with van der Waals surface area (Å²) in [5.41, 5.74) is -2.15. The monoisotopic (exact) mass is 392 g/mol. The van der Waals surface area contributed by atoms with Gasteiger partial charge in [0, 0.05) is 19.3 Å². The fourth-order valence-corrected chi connectivity index (χ4v) is 5.11. The van der Waals surface area contributed by atoms with Gasteiger partial charge in [-0.3, -0.25) is 14.4 Å². The summed E-state index contributed by atoms with van der Waals surface area (Å²) in [6.45, 7) is 11.7. The van der Waals surface area contributed by atoms with Crippen LogP contribution in [0.5, 0.6) is 0 Å². The normalized spacial score (nSPS) is 32.8. The molecule has 2 fully saturated rings. The zero-order chi connectivity index (χ0) is 21.2. The summed E-state index contributed by atoms with van der Waals surface area (Å²) in [6.07, 6.45) is 6.11. The minimum Gasteiger partial charge on any atom is -0.480 e. The maximum absolute atomic E-state index is 13.0. The van der Waals surface area contributed by atoms with Gasteiger partial charge in [0.1, 0.15) is 11.2 Å². The number of fused-ring (bicyclic) bond motifs is 1. The van der Waals surface area contributed by atoms with Crippen LogP contribution in [-0.4, -0.2) is 34.3 Å². The number of carbonyl (C=O) groups excluding carboxylic acids is 2. The number of carbonyl (C=O) groups is 3. The average Bonchev–Trinajstić information content (AvgIpc) is 2.87. The molecule has 0 saturated heterocycles. The zero-order valence-electron chi connectivity index (χ0n) is 17.9.